The lowest BCUT2D eigenvalue weighted by molar-refractivity contribution is 0.191. The predicted octanol–water partition coefficient (Wildman–Crippen LogP) is 4.77. The Morgan fingerprint density at radius 3 is 2.29 bits per heavy atom. The third-order valence-electron chi connectivity index (χ3n) is 2.90. The summed E-state index contributed by atoms with van der Waals surface area (Å²) in [5, 5.41) is 22.9. The highest BCUT2D eigenvalue weighted by Crippen LogP contribution is 2.34. The molecule has 0 radical (unpaired) electrons. The van der Waals surface area contributed by atoms with Gasteiger partial charge in [0.15, 0.2) is 0 Å². The van der Waals surface area contributed by atoms with Crippen LogP contribution in [0.4, 0.5) is 5.69 Å². The van der Waals surface area contributed by atoms with Crippen molar-refractivity contribution in [1.29, 1.82) is 5.26 Å². The van der Waals surface area contributed by atoms with E-state index in [9.17, 15) is 5.11 Å². The Morgan fingerprint density at radius 2 is 1.76 bits per heavy atom. The van der Waals surface area contributed by atoms with Crippen LogP contribution >= 0.6 is 39.1 Å². The Labute approximate surface area is 141 Å². The fourth-order valence-corrected chi connectivity index (χ4v) is 3.15. The Balaban J connectivity index is 2.07. The zero-order valence-electron chi connectivity index (χ0n) is 10.8. The number of aliphatic hydroxyl groups is 1. The first-order chi connectivity index (χ1) is 10.0. The second-order valence-electron chi connectivity index (χ2n) is 4.37. The summed E-state index contributed by atoms with van der Waals surface area (Å²) in [7, 11) is 0. The molecule has 2 rings (SSSR count). The van der Waals surface area contributed by atoms with Gasteiger partial charge in [0.25, 0.3) is 0 Å². The predicted molar refractivity (Wildman–Crippen MR) is 88.8 cm³/mol. The van der Waals surface area contributed by atoms with Crippen molar-refractivity contribution in [3.05, 3.63) is 62.0 Å². The summed E-state index contributed by atoms with van der Waals surface area (Å²) in [6, 6.07) is 12.3. The summed E-state index contributed by atoms with van der Waals surface area (Å²) < 4.78 is 0.788. The van der Waals surface area contributed by atoms with Gasteiger partial charge in [-0.05, 0) is 29.8 Å². The third-order valence-corrected chi connectivity index (χ3v) is 3.96. The van der Waals surface area contributed by atoms with Crippen molar-refractivity contribution in [2.75, 3.05) is 11.9 Å². The number of nitriles is 1. The van der Waals surface area contributed by atoms with Crippen LogP contribution < -0.4 is 5.32 Å². The Hall–Kier alpha value is -1.25. The van der Waals surface area contributed by atoms with Gasteiger partial charge in [-0.15, -0.1) is 0 Å². The molecule has 2 aromatic rings. The number of halogens is 3. The monoisotopic (exact) mass is 384 g/mol. The molecule has 21 heavy (non-hydrogen) atoms. The third kappa shape index (κ3) is 4.12. The molecular formula is C15H11BrCl2N2O. The number of nitrogens with one attached hydrogen (secondary N) is 1. The van der Waals surface area contributed by atoms with E-state index in [4.69, 9.17) is 28.5 Å². The Morgan fingerprint density at radius 1 is 1.19 bits per heavy atom. The lowest BCUT2D eigenvalue weighted by Gasteiger charge is -2.15. The number of anilines is 1. The summed E-state index contributed by atoms with van der Waals surface area (Å²) in [5.41, 5.74) is 1.85. The second kappa shape index (κ2) is 7.15. The molecule has 108 valence electrons. The molecule has 6 heteroatoms. The minimum absolute atomic E-state index is 0.257. The van der Waals surface area contributed by atoms with Crippen molar-refractivity contribution in [2.24, 2.45) is 0 Å². The molecule has 2 N–H and O–H groups in total. The highest BCUT2D eigenvalue weighted by molar-refractivity contribution is 9.10. The Kier molecular flexibility index (Phi) is 5.49. The van der Waals surface area contributed by atoms with Crippen LogP contribution in [0.5, 0.6) is 0 Å². The van der Waals surface area contributed by atoms with E-state index in [1.807, 2.05) is 6.07 Å². The van der Waals surface area contributed by atoms with Crippen LogP contribution in [0.1, 0.15) is 17.2 Å². The number of benzene rings is 2. The van der Waals surface area contributed by atoms with E-state index in [2.05, 4.69) is 21.2 Å². The van der Waals surface area contributed by atoms with Gasteiger partial charge in [0, 0.05) is 11.0 Å². The standard InChI is InChI=1S/C15H11BrCl2N2O/c16-11-5-12(17)15(13(18)6-11)20-8-14(21)10-3-1-9(7-19)2-4-10/h1-6,14,20-21H,8H2. The number of aliphatic hydroxyl groups excluding tert-OH is 1. The zero-order chi connectivity index (χ0) is 15.4. The van der Waals surface area contributed by atoms with Gasteiger partial charge in [-0.25, -0.2) is 0 Å². The van der Waals surface area contributed by atoms with Crippen molar-refractivity contribution in [2.45, 2.75) is 6.10 Å². The normalized spacial score (nSPS) is 11.8. The molecule has 3 nitrogen and oxygen atoms in total. The van der Waals surface area contributed by atoms with Crippen LogP contribution in [-0.2, 0) is 0 Å². The van der Waals surface area contributed by atoms with Gasteiger partial charge in [-0.1, -0.05) is 51.3 Å². The van der Waals surface area contributed by atoms with Crippen molar-refractivity contribution in [1.82, 2.24) is 0 Å². The average Bonchev–Trinajstić information content (AvgIpc) is 2.46. The van der Waals surface area contributed by atoms with E-state index in [1.165, 1.54) is 0 Å². The van der Waals surface area contributed by atoms with Gasteiger partial charge in [-0.3, -0.25) is 0 Å². The van der Waals surface area contributed by atoms with Crippen molar-refractivity contribution in [3.8, 4) is 6.07 Å². The summed E-state index contributed by atoms with van der Waals surface area (Å²) in [5.74, 6) is 0. The molecule has 0 bridgehead atoms. The molecule has 0 saturated heterocycles. The summed E-state index contributed by atoms with van der Waals surface area (Å²) in [6.45, 7) is 0.257. The second-order valence-corrected chi connectivity index (χ2v) is 6.11. The first-order valence-electron chi connectivity index (χ1n) is 6.08. The van der Waals surface area contributed by atoms with E-state index in [1.54, 1.807) is 36.4 Å². The van der Waals surface area contributed by atoms with E-state index in [-0.39, 0.29) is 6.54 Å². The van der Waals surface area contributed by atoms with Crippen LogP contribution in [0.2, 0.25) is 10.0 Å². The highest BCUT2D eigenvalue weighted by Gasteiger charge is 2.11. The average molecular weight is 386 g/mol. The molecule has 0 saturated carbocycles. The van der Waals surface area contributed by atoms with E-state index in [0.29, 0.717) is 26.9 Å². The quantitative estimate of drug-likeness (QED) is 0.796. The first kappa shape index (κ1) is 16.1. The van der Waals surface area contributed by atoms with Crippen LogP contribution in [0.25, 0.3) is 0 Å². The fourth-order valence-electron chi connectivity index (χ4n) is 1.81. The molecule has 0 heterocycles. The van der Waals surface area contributed by atoms with Gasteiger partial charge in [-0.2, -0.15) is 5.26 Å². The van der Waals surface area contributed by atoms with Crippen molar-refractivity contribution in [3.63, 3.8) is 0 Å². The van der Waals surface area contributed by atoms with Gasteiger partial charge in [0.1, 0.15) is 0 Å². The van der Waals surface area contributed by atoms with E-state index >= 15 is 0 Å². The molecule has 0 fully saturated rings. The molecule has 0 aliphatic carbocycles. The molecule has 1 atom stereocenters. The minimum atomic E-state index is -0.728. The maximum absolute atomic E-state index is 10.1. The zero-order valence-corrected chi connectivity index (χ0v) is 13.9. The van der Waals surface area contributed by atoms with Gasteiger partial charge < -0.3 is 10.4 Å². The Bertz CT molecular complexity index is 660. The van der Waals surface area contributed by atoms with E-state index < -0.39 is 6.10 Å². The maximum Gasteiger partial charge on any atom is 0.0991 e. The fraction of sp³-hybridized carbons (Fsp3) is 0.133. The van der Waals surface area contributed by atoms with Gasteiger partial charge in [0.05, 0.1) is 33.5 Å². The van der Waals surface area contributed by atoms with Crippen molar-refractivity contribution >= 4 is 44.8 Å². The molecule has 1 unspecified atom stereocenters. The molecule has 0 aliphatic heterocycles. The molecule has 2 aromatic carbocycles. The first-order valence-corrected chi connectivity index (χ1v) is 7.62. The summed E-state index contributed by atoms with van der Waals surface area (Å²) in [4.78, 5) is 0. The smallest absolute Gasteiger partial charge is 0.0991 e. The number of hydrogen-bond acceptors (Lipinski definition) is 3. The molecule has 0 aliphatic rings. The van der Waals surface area contributed by atoms with Gasteiger partial charge in [0.2, 0.25) is 0 Å². The molecule has 0 amide bonds. The molecule has 0 aromatic heterocycles. The van der Waals surface area contributed by atoms with Crippen LogP contribution in [0.3, 0.4) is 0 Å². The van der Waals surface area contributed by atoms with Gasteiger partial charge >= 0.3 is 0 Å². The number of hydrogen-bond donors (Lipinski definition) is 2. The molecule has 0 spiro atoms. The van der Waals surface area contributed by atoms with Crippen molar-refractivity contribution < 1.29 is 5.11 Å². The van der Waals surface area contributed by atoms with Crippen LogP contribution in [0.15, 0.2) is 40.9 Å². The minimum Gasteiger partial charge on any atom is -0.387 e. The topological polar surface area (TPSA) is 56.0 Å². The lowest BCUT2D eigenvalue weighted by atomic mass is 10.1. The summed E-state index contributed by atoms with van der Waals surface area (Å²) >= 11 is 15.5. The number of nitrogens with zero attached hydrogens (tertiary/aromatic N) is 1. The highest BCUT2D eigenvalue weighted by atomic mass is 79.9. The largest absolute Gasteiger partial charge is 0.387 e. The van der Waals surface area contributed by atoms with E-state index in [0.717, 1.165) is 4.47 Å². The molecular weight excluding hydrogens is 375 g/mol. The SMILES string of the molecule is N#Cc1ccc(C(O)CNc2c(Cl)cc(Br)cc2Cl)cc1. The maximum atomic E-state index is 10.1. The summed E-state index contributed by atoms with van der Waals surface area (Å²) in [6.07, 6.45) is -0.728. The van der Waals surface area contributed by atoms with Crippen LogP contribution in [0, 0.1) is 11.3 Å². The number of rotatable bonds is 4. The van der Waals surface area contributed by atoms with Crippen LogP contribution in [-0.4, -0.2) is 11.7 Å². The lowest BCUT2D eigenvalue weighted by Crippen LogP contribution is -2.12.